The number of hydrogen-bond donors (Lipinski definition) is 0. The Bertz CT molecular complexity index is 758. The molecular weight excluding hydrogens is 328 g/mol. The van der Waals surface area contributed by atoms with Crippen LogP contribution in [0.1, 0.15) is 72.1 Å². The molecule has 140 valence electrons. The van der Waals surface area contributed by atoms with Gasteiger partial charge in [-0.1, -0.05) is 12.5 Å². The van der Waals surface area contributed by atoms with Gasteiger partial charge in [0.25, 0.3) is 0 Å². The van der Waals surface area contributed by atoms with Gasteiger partial charge in [0, 0.05) is 18.8 Å². The van der Waals surface area contributed by atoms with Gasteiger partial charge in [0.05, 0.1) is 0 Å². The zero-order chi connectivity index (χ0) is 18.7. The molecule has 4 rings (SSSR count). The van der Waals surface area contributed by atoms with E-state index >= 15 is 0 Å². The minimum absolute atomic E-state index is 0.00606. The van der Waals surface area contributed by atoms with Crippen LogP contribution in [0, 0.1) is 17.3 Å². The molecule has 0 aliphatic heterocycles. The smallest absolute Gasteiger partial charge is 0.303 e. The Morgan fingerprint density at radius 2 is 1.85 bits per heavy atom. The average molecular weight is 356 g/mol. The Balaban J connectivity index is 1.74. The number of esters is 1. The molecule has 4 aliphatic rings. The van der Waals surface area contributed by atoms with Gasteiger partial charge in [-0.15, -0.1) is 0 Å². The van der Waals surface area contributed by atoms with Gasteiger partial charge in [0.1, 0.15) is 0 Å². The predicted molar refractivity (Wildman–Crippen MR) is 97.3 cm³/mol. The molecule has 0 saturated heterocycles. The van der Waals surface area contributed by atoms with E-state index in [1.165, 1.54) is 23.6 Å². The Morgan fingerprint density at radius 3 is 2.54 bits per heavy atom. The number of hydrogen-bond acceptors (Lipinski definition) is 4. The summed E-state index contributed by atoms with van der Waals surface area (Å²) in [5.74, 6) is 0.737. The van der Waals surface area contributed by atoms with E-state index in [9.17, 15) is 14.4 Å². The SMILES string of the molecule is CC(=O)O[C@]1(C(C)=O)CCC2C3CCC4=CC(=O)CCC4=C3CC[C@@]21C. The van der Waals surface area contributed by atoms with Crippen LogP contribution in [0.5, 0.6) is 0 Å². The maximum atomic E-state index is 12.7. The van der Waals surface area contributed by atoms with Crippen LogP contribution < -0.4 is 0 Å². The van der Waals surface area contributed by atoms with Crippen molar-refractivity contribution in [1.29, 1.82) is 0 Å². The first-order valence-corrected chi connectivity index (χ1v) is 9.95. The molecule has 4 atom stereocenters. The van der Waals surface area contributed by atoms with E-state index in [0.29, 0.717) is 24.7 Å². The second kappa shape index (κ2) is 5.90. The van der Waals surface area contributed by atoms with Crippen LogP contribution in [-0.4, -0.2) is 23.1 Å². The van der Waals surface area contributed by atoms with Crippen molar-refractivity contribution >= 4 is 17.5 Å². The molecule has 0 bridgehead atoms. The number of rotatable bonds is 2. The molecule has 4 heteroatoms. The lowest BCUT2D eigenvalue weighted by Crippen LogP contribution is -2.55. The molecular formula is C22H28O4. The topological polar surface area (TPSA) is 60.4 Å². The molecule has 4 aliphatic carbocycles. The van der Waals surface area contributed by atoms with Crippen LogP contribution in [0.25, 0.3) is 0 Å². The summed E-state index contributed by atoms with van der Waals surface area (Å²) in [5, 5.41) is 0. The zero-order valence-electron chi connectivity index (χ0n) is 16.0. The van der Waals surface area contributed by atoms with Crippen molar-refractivity contribution in [1.82, 2.24) is 0 Å². The van der Waals surface area contributed by atoms with Crippen LogP contribution in [0.15, 0.2) is 22.8 Å². The van der Waals surface area contributed by atoms with Crippen LogP contribution in [0.3, 0.4) is 0 Å². The fraction of sp³-hybridized carbons (Fsp3) is 0.682. The largest absolute Gasteiger partial charge is 0.451 e. The summed E-state index contributed by atoms with van der Waals surface area (Å²) in [7, 11) is 0. The molecule has 2 unspecified atom stereocenters. The average Bonchev–Trinajstić information content (AvgIpc) is 2.87. The van der Waals surface area contributed by atoms with E-state index in [-0.39, 0.29) is 23.0 Å². The van der Waals surface area contributed by atoms with Crippen LogP contribution >= 0.6 is 0 Å². The molecule has 0 spiro atoms. The number of allylic oxidation sites excluding steroid dienone is 4. The van der Waals surface area contributed by atoms with Crippen molar-refractivity contribution in [3.05, 3.63) is 22.8 Å². The Morgan fingerprint density at radius 1 is 1.08 bits per heavy atom. The molecule has 0 aromatic heterocycles. The molecule has 0 N–H and O–H groups in total. The van der Waals surface area contributed by atoms with Gasteiger partial charge in [-0.3, -0.25) is 14.4 Å². The standard InChI is InChI=1S/C22H28O4/c1-13(23)22(26-14(2)24)11-9-20-19-6-4-15-12-16(25)5-7-17(15)18(19)8-10-21(20,22)3/h12,19-20H,4-11H2,1-3H3/t19?,20?,21-,22-/m0/s1. The van der Waals surface area contributed by atoms with Crippen molar-refractivity contribution in [2.75, 3.05) is 0 Å². The summed E-state index contributed by atoms with van der Waals surface area (Å²) in [6.45, 7) is 5.17. The second-order valence-corrected chi connectivity index (χ2v) is 8.82. The monoisotopic (exact) mass is 356 g/mol. The molecule has 0 heterocycles. The fourth-order valence-electron chi connectivity index (χ4n) is 6.59. The molecule has 0 radical (unpaired) electrons. The van der Waals surface area contributed by atoms with Crippen LogP contribution in [0.2, 0.25) is 0 Å². The van der Waals surface area contributed by atoms with Gasteiger partial charge in [-0.25, -0.2) is 0 Å². The van der Waals surface area contributed by atoms with E-state index in [1.807, 2.05) is 6.08 Å². The van der Waals surface area contributed by atoms with Crippen molar-refractivity contribution in [2.45, 2.75) is 77.7 Å². The number of ketones is 2. The summed E-state index contributed by atoms with van der Waals surface area (Å²) in [4.78, 5) is 36.2. The number of fused-ring (bicyclic) bond motifs is 4. The first-order valence-electron chi connectivity index (χ1n) is 9.95. The first-order chi connectivity index (χ1) is 12.3. The molecule has 2 saturated carbocycles. The lowest BCUT2D eigenvalue weighted by molar-refractivity contribution is -0.181. The third kappa shape index (κ3) is 2.30. The van der Waals surface area contributed by atoms with Crippen molar-refractivity contribution in [3.63, 3.8) is 0 Å². The lowest BCUT2D eigenvalue weighted by atomic mass is 9.54. The number of Topliss-reactive ketones (excluding diaryl/α,β-unsaturated/α-hetero) is 1. The third-order valence-electron chi connectivity index (χ3n) is 7.74. The van der Waals surface area contributed by atoms with E-state index in [2.05, 4.69) is 6.92 Å². The number of ether oxygens (including phenoxy) is 1. The predicted octanol–water partition coefficient (Wildman–Crippen LogP) is 4.08. The Hall–Kier alpha value is -1.71. The van der Waals surface area contributed by atoms with Gasteiger partial charge in [0.2, 0.25) is 0 Å². The van der Waals surface area contributed by atoms with Gasteiger partial charge < -0.3 is 4.74 Å². The van der Waals surface area contributed by atoms with Gasteiger partial charge in [-0.05, 0) is 80.9 Å². The number of carbonyl (C=O) groups excluding carboxylic acids is 3. The molecule has 26 heavy (non-hydrogen) atoms. The van der Waals surface area contributed by atoms with Crippen LogP contribution in [0.4, 0.5) is 0 Å². The molecule has 2 fully saturated rings. The summed E-state index contributed by atoms with van der Waals surface area (Å²) < 4.78 is 5.77. The highest BCUT2D eigenvalue weighted by molar-refractivity contribution is 5.93. The number of carbonyl (C=O) groups is 3. The Kier molecular flexibility index (Phi) is 4.01. The second-order valence-electron chi connectivity index (χ2n) is 8.82. The van der Waals surface area contributed by atoms with Crippen molar-refractivity contribution in [2.24, 2.45) is 17.3 Å². The van der Waals surface area contributed by atoms with Crippen molar-refractivity contribution < 1.29 is 19.1 Å². The fourth-order valence-corrected chi connectivity index (χ4v) is 6.59. The van der Waals surface area contributed by atoms with Gasteiger partial charge in [-0.2, -0.15) is 0 Å². The lowest BCUT2D eigenvalue weighted by Gasteiger charge is -2.52. The van der Waals surface area contributed by atoms with E-state index in [0.717, 1.165) is 38.5 Å². The normalized spacial score (nSPS) is 38.9. The van der Waals surface area contributed by atoms with Gasteiger partial charge >= 0.3 is 5.97 Å². The Labute approximate surface area is 155 Å². The van der Waals surface area contributed by atoms with E-state index in [4.69, 9.17) is 4.74 Å². The summed E-state index contributed by atoms with van der Waals surface area (Å²) in [6.07, 6.45) is 8.78. The maximum absolute atomic E-state index is 12.7. The van der Waals surface area contributed by atoms with E-state index < -0.39 is 5.60 Å². The zero-order valence-corrected chi connectivity index (χ0v) is 16.0. The minimum atomic E-state index is -0.960. The maximum Gasteiger partial charge on any atom is 0.303 e. The molecule has 0 aromatic carbocycles. The first kappa shape index (κ1) is 17.7. The molecule has 0 aromatic rings. The van der Waals surface area contributed by atoms with Gasteiger partial charge in [0.15, 0.2) is 17.2 Å². The summed E-state index contributed by atoms with van der Waals surface area (Å²) in [6, 6.07) is 0. The van der Waals surface area contributed by atoms with E-state index in [1.54, 1.807) is 6.92 Å². The highest BCUT2D eigenvalue weighted by atomic mass is 16.6. The van der Waals surface area contributed by atoms with Crippen LogP contribution in [-0.2, 0) is 19.1 Å². The minimum Gasteiger partial charge on any atom is -0.451 e. The molecule has 4 nitrogen and oxygen atoms in total. The highest BCUT2D eigenvalue weighted by Gasteiger charge is 2.65. The summed E-state index contributed by atoms with van der Waals surface area (Å²) >= 11 is 0. The van der Waals surface area contributed by atoms with Crippen molar-refractivity contribution in [3.8, 4) is 0 Å². The molecule has 0 amide bonds. The summed E-state index contributed by atoms with van der Waals surface area (Å²) in [5.41, 5.74) is 2.96. The quantitative estimate of drug-likeness (QED) is 0.700. The highest BCUT2D eigenvalue weighted by Crippen LogP contribution is 2.64. The third-order valence-corrected chi connectivity index (χ3v) is 7.74.